The Hall–Kier alpha value is -2.95. The maximum absolute atomic E-state index is 13.3. The first-order valence-corrected chi connectivity index (χ1v) is 12.4. The van der Waals surface area contributed by atoms with Crippen LogP contribution in [0.1, 0.15) is 29.5 Å². The number of hydrogen-bond donors (Lipinski definition) is 1. The summed E-state index contributed by atoms with van der Waals surface area (Å²) >= 11 is 4.03. The highest BCUT2D eigenvalue weighted by Gasteiger charge is 2.40. The van der Waals surface area contributed by atoms with Crippen LogP contribution in [0.25, 0.3) is 17.5 Å². The van der Waals surface area contributed by atoms with Crippen molar-refractivity contribution in [2.45, 2.75) is 19.8 Å². The highest BCUT2D eigenvalue weighted by molar-refractivity contribution is 7.11. The molecule has 4 heterocycles. The van der Waals surface area contributed by atoms with E-state index in [9.17, 15) is 14.4 Å². The molecule has 3 aromatic heterocycles. The van der Waals surface area contributed by atoms with Crippen LogP contribution in [0.2, 0.25) is 0 Å². The first-order chi connectivity index (χ1) is 15.5. The fourth-order valence-electron chi connectivity index (χ4n) is 3.51. The van der Waals surface area contributed by atoms with Crippen LogP contribution < -0.4 is 20.5 Å². The number of nitrogens with zero attached hydrogens (tertiary/aromatic N) is 1. The van der Waals surface area contributed by atoms with Gasteiger partial charge < -0.3 is 15.2 Å². The molecule has 3 aromatic rings. The zero-order chi connectivity index (χ0) is 22.8. The van der Waals surface area contributed by atoms with Crippen molar-refractivity contribution in [3.05, 3.63) is 69.9 Å². The number of ether oxygens (including phenoxy) is 2. The summed E-state index contributed by atoms with van der Waals surface area (Å²) in [5.74, 6) is -2.09. The summed E-state index contributed by atoms with van der Waals surface area (Å²) in [6.45, 7) is 3.67. The minimum Gasteiger partial charge on any atom is -0.463 e. The van der Waals surface area contributed by atoms with E-state index < -0.39 is 23.4 Å². The van der Waals surface area contributed by atoms with Crippen LogP contribution in [-0.4, -0.2) is 29.7 Å². The largest absolute Gasteiger partial charge is 0.463 e. The molecule has 0 saturated heterocycles. The summed E-state index contributed by atoms with van der Waals surface area (Å²) in [6.07, 6.45) is 1.75. The molecule has 0 aromatic carbocycles. The van der Waals surface area contributed by atoms with Gasteiger partial charge in [0.1, 0.15) is 10.5 Å². The highest BCUT2D eigenvalue weighted by atomic mass is 32.1. The van der Waals surface area contributed by atoms with Gasteiger partial charge in [0.05, 0.1) is 34.8 Å². The number of carbonyl (C=O) groups excluding carboxylic acids is 2. The van der Waals surface area contributed by atoms with Crippen molar-refractivity contribution in [3.8, 4) is 0 Å². The average Bonchev–Trinajstić information content (AvgIpc) is 3.51. The Bertz CT molecular complexity index is 1360. The maximum atomic E-state index is 13.3. The number of carbonyl (C=O) groups is 2. The van der Waals surface area contributed by atoms with Gasteiger partial charge in [0.15, 0.2) is 0 Å². The summed E-state index contributed by atoms with van der Waals surface area (Å²) in [5, 5.41) is 3.76. The topological polar surface area (TPSA) is 101 Å². The molecule has 10 heteroatoms. The van der Waals surface area contributed by atoms with Gasteiger partial charge in [-0.15, -0.1) is 34.0 Å². The van der Waals surface area contributed by atoms with Crippen LogP contribution in [0.4, 0.5) is 0 Å². The smallest absolute Gasteiger partial charge is 0.338 e. The molecule has 0 fully saturated rings. The molecule has 4 rings (SSSR count). The molecule has 0 aliphatic carbocycles. The van der Waals surface area contributed by atoms with Gasteiger partial charge in [-0.05, 0) is 42.8 Å². The lowest BCUT2D eigenvalue weighted by Crippen LogP contribution is -2.41. The van der Waals surface area contributed by atoms with E-state index >= 15 is 0 Å². The lowest BCUT2D eigenvalue weighted by atomic mass is 9.87. The van der Waals surface area contributed by atoms with Crippen LogP contribution in [0.15, 0.2) is 45.4 Å². The number of esters is 2. The van der Waals surface area contributed by atoms with Crippen molar-refractivity contribution in [3.63, 3.8) is 0 Å². The first kappa shape index (κ1) is 22.3. The number of thiazole rings is 1. The summed E-state index contributed by atoms with van der Waals surface area (Å²) in [6, 6.07) is 7.42. The summed E-state index contributed by atoms with van der Waals surface area (Å²) < 4.78 is 12.6. The summed E-state index contributed by atoms with van der Waals surface area (Å²) in [7, 11) is 0. The van der Waals surface area contributed by atoms with Crippen LogP contribution in [0.3, 0.4) is 0 Å². The second kappa shape index (κ2) is 9.27. The Balaban J connectivity index is 2.11. The summed E-state index contributed by atoms with van der Waals surface area (Å²) in [5.41, 5.74) is 6.29. The number of thiophene rings is 2. The quantitative estimate of drug-likeness (QED) is 0.533. The summed E-state index contributed by atoms with van der Waals surface area (Å²) in [4.78, 5) is 41.1. The van der Waals surface area contributed by atoms with E-state index in [1.54, 1.807) is 19.9 Å². The third-order valence-corrected chi connectivity index (χ3v) is 7.65. The second-order valence-corrected chi connectivity index (χ2v) is 9.66. The average molecular weight is 489 g/mol. The number of nitrogens with two attached hydrogens (primary N) is 1. The normalized spacial score (nSPS) is 16.2. The third-order valence-electron chi connectivity index (χ3n) is 4.78. The Morgan fingerprint density at radius 2 is 1.72 bits per heavy atom. The van der Waals surface area contributed by atoms with Crippen molar-refractivity contribution in [1.29, 1.82) is 0 Å². The maximum Gasteiger partial charge on any atom is 0.338 e. The van der Waals surface area contributed by atoms with Gasteiger partial charge in [0.2, 0.25) is 0 Å². The standard InChI is InChI=1S/C22H20N2O5S3/c1-3-28-21(26)16-15(13-8-6-10-31-13)17(22(27)29-4-2)20-24(18(16)23)19(25)14(32-20)11-12-7-5-9-30-12/h5-11,15H,3-4,23H2,1-2H3/b14-11+. The molecule has 0 saturated carbocycles. The SMILES string of the molecule is CCOC(=O)C1=C(N)n2c(s/c(=C/c3cccs3)c2=O)=C(C(=O)OCC)C1c1cccs1. The van der Waals surface area contributed by atoms with Gasteiger partial charge in [0.25, 0.3) is 5.56 Å². The van der Waals surface area contributed by atoms with Gasteiger partial charge >= 0.3 is 11.9 Å². The van der Waals surface area contributed by atoms with Crippen molar-refractivity contribution < 1.29 is 19.1 Å². The van der Waals surface area contributed by atoms with E-state index in [0.717, 1.165) is 21.1 Å². The van der Waals surface area contributed by atoms with Gasteiger partial charge in [-0.25, -0.2) is 9.59 Å². The minimum atomic E-state index is -0.791. The molecule has 1 atom stereocenters. The first-order valence-electron chi connectivity index (χ1n) is 9.86. The van der Waals surface area contributed by atoms with Crippen molar-refractivity contribution in [2.75, 3.05) is 13.2 Å². The predicted octanol–water partition coefficient (Wildman–Crippen LogP) is 2.06. The molecule has 2 N–H and O–H groups in total. The lowest BCUT2D eigenvalue weighted by molar-refractivity contribution is -0.138. The molecule has 1 aliphatic heterocycles. The molecule has 0 bridgehead atoms. The fraction of sp³-hybridized carbons (Fsp3) is 0.227. The van der Waals surface area contributed by atoms with E-state index in [-0.39, 0.29) is 30.2 Å². The molecule has 1 unspecified atom stereocenters. The van der Waals surface area contributed by atoms with E-state index in [0.29, 0.717) is 9.20 Å². The number of aromatic nitrogens is 1. The number of fused-ring (bicyclic) bond motifs is 1. The minimum absolute atomic E-state index is 0.0306. The molecule has 0 radical (unpaired) electrons. The van der Waals surface area contributed by atoms with Crippen molar-refractivity contribution in [1.82, 2.24) is 4.57 Å². The van der Waals surface area contributed by atoms with Gasteiger partial charge in [-0.1, -0.05) is 12.1 Å². The predicted molar refractivity (Wildman–Crippen MR) is 127 cm³/mol. The van der Waals surface area contributed by atoms with Gasteiger partial charge in [-0.2, -0.15) is 0 Å². The molecule has 7 nitrogen and oxygen atoms in total. The third kappa shape index (κ3) is 3.85. The van der Waals surface area contributed by atoms with Crippen LogP contribution >= 0.6 is 34.0 Å². The van der Waals surface area contributed by atoms with E-state index in [1.807, 2.05) is 35.0 Å². The molecule has 166 valence electrons. The van der Waals surface area contributed by atoms with Crippen molar-refractivity contribution >= 4 is 63.4 Å². The Kier molecular flexibility index (Phi) is 6.45. The Labute approximate surface area is 195 Å². The fourth-order valence-corrected chi connectivity index (χ4v) is 6.24. The highest BCUT2D eigenvalue weighted by Crippen LogP contribution is 2.39. The molecule has 0 spiro atoms. The molecular formula is C22H20N2O5S3. The van der Waals surface area contributed by atoms with Crippen LogP contribution in [0.5, 0.6) is 0 Å². The van der Waals surface area contributed by atoms with Crippen LogP contribution in [-0.2, 0) is 19.1 Å². The van der Waals surface area contributed by atoms with Gasteiger partial charge in [0, 0.05) is 9.75 Å². The zero-order valence-electron chi connectivity index (χ0n) is 17.3. The Morgan fingerprint density at radius 1 is 1.06 bits per heavy atom. The Morgan fingerprint density at radius 3 is 2.31 bits per heavy atom. The zero-order valence-corrected chi connectivity index (χ0v) is 19.8. The molecular weight excluding hydrogens is 468 g/mol. The van der Waals surface area contributed by atoms with E-state index in [4.69, 9.17) is 15.2 Å². The van der Waals surface area contributed by atoms with E-state index in [1.165, 1.54) is 27.2 Å². The number of rotatable bonds is 6. The second-order valence-electron chi connectivity index (χ2n) is 6.67. The molecule has 0 amide bonds. The van der Waals surface area contributed by atoms with E-state index in [2.05, 4.69) is 0 Å². The van der Waals surface area contributed by atoms with Crippen LogP contribution in [0, 0.1) is 0 Å². The monoisotopic (exact) mass is 488 g/mol. The van der Waals surface area contributed by atoms with Crippen molar-refractivity contribution in [2.24, 2.45) is 5.73 Å². The lowest BCUT2D eigenvalue weighted by Gasteiger charge is -2.25. The molecule has 1 aliphatic rings. The number of hydrogen-bond acceptors (Lipinski definition) is 9. The molecule has 32 heavy (non-hydrogen) atoms. The van der Waals surface area contributed by atoms with Gasteiger partial charge in [-0.3, -0.25) is 9.36 Å².